The van der Waals surface area contributed by atoms with E-state index >= 15 is 0 Å². The highest BCUT2D eigenvalue weighted by Gasteiger charge is 2.09. The summed E-state index contributed by atoms with van der Waals surface area (Å²) in [5.41, 5.74) is 2.87. The molecule has 0 unspecified atom stereocenters. The molecule has 21 heavy (non-hydrogen) atoms. The van der Waals surface area contributed by atoms with Gasteiger partial charge in [-0.3, -0.25) is 0 Å². The van der Waals surface area contributed by atoms with Crippen LogP contribution in [0.25, 0.3) is 0 Å². The molecule has 0 fully saturated rings. The van der Waals surface area contributed by atoms with Crippen LogP contribution in [-0.4, -0.2) is 12.2 Å². The van der Waals surface area contributed by atoms with Crippen molar-refractivity contribution < 1.29 is 9.84 Å². The summed E-state index contributed by atoms with van der Waals surface area (Å²) in [6.07, 6.45) is 0. The number of methoxy groups -OCH3 is 1. The number of hydrogen-bond donors (Lipinski definition) is 2. The molecule has 112 valence electrons. The molecule has 2 rings (SSSR count). The Morgan fingerprint density at radius 1 is 1.19 bits per heavy atom. The second kappa shape index (κ2) is 6.90. The molecule has 0 aromatic heterocycles. The molecule has 2 aromatic rings. The van der Waals surface area contributed by atoms with Crippen LogP contribution in [0, 0.1) is 6.92 Å². The van der Waals surface area contributed by atoms with Crippen molar-refractivity contribution in [1.82, 2.24) is 0 Å². The number of rotatable bonds is 4. The van der Waals surface area contributed by atoms with Crippen LogP contribution in [0.5, 0.6) is 11.5 Å². The number of nitrogens with one attached hydrogen (secondary N) is 1. The maximum absolute atomic E-state index is 9.72. The van der Waals surface area contributed by atoms with E-state index in [2.05, 4.69) is 37.2 Å². The summed E-state index contributed by atoms with van der Waals surface area (Å²) in [7, 11) is 1.61. The Morgan fingerprint density at radius 2 is 1.81 bits per heavy atom. The molecule has 0 saturated carbocycles. The van der Waals surface area contributed by atoms with Crippen LogP contribution in [0.1, 0.15) is 11.1 Å². The van der Waals surface area contributed by atoms with E-state index in [0.29, 0.717) is 26.3 Å². The number of phenols is 1. The second-order valence-electron chi connectivity index (χ2n) is 4.56. The first kappa shape index (κ1) is 16.5. The van der Waals surface area contributed by atoms with Gasteiger partial charge in [-0.25, -0.2) is 0 Å². The molecule has 0 heterocycles. The first-order valence-electron chi connectivity index (χ1n) is 6.17. The summed E-state index contributed by atoms with van der Waals surface area (Å²) in [5.74, 6) is 0.890. The number of hydrogen-bond acceptors (Lipinski definition) is 3. The quantitative estimate of drug-likeness (QED) is 0.666. The van der Waals surface area contributed by atoms with Crippen molar-refractivity contribution in [2.75, 3.05) is 12.4 Å². The van der Waals surface area contributed by atoms with Crippen LogP contribution in [0.15, 0.2) is 33.2 Å². The zero-order valence-corrected chi connectivity index (χ0v) is 15.4. The van der Waals surface area contributed by atoms with Crippen LogP contribution < -0.4 is 10.1 Å². The largest absolute Gasteiger partial charge is 0.506 e. The van der Waals surface area contributed by atoms with Crippen LogP contribution in [0.4, 0.5) is 5.69 Å². The Kier molecular flexibility index (Phi) is 5.41. The summed E-state index contributed by atoms with van der Waals surface area (Å²) in [5, 5.41) is 13.7. The molecule has 2 aromatic carbocycles. The van der Waals surface area contributed by atoms with Crippen molar-refractivity contribution in [3.05, 3.63) is 49.4 Å². The number of ether oxygens (including phenoxy) is 1. The van der Waals surface area contributed by atoms with Crippen LogP contribution >= 0.6 is 43.5 Å². The summed E-state index contributed by atoms with van der Waals surface area (Å²) in [4.78, 5) is 0. The average molecular weight is 436 g/mol. The predicted octanol–water partition coefficient (Wildman–Crippen LogP) is 5.50. The molecule has 0 bridgehead atoms. The lowest BCUT2D eigenvalue weighted by Gasteiger charge is -2.14. The molecule has 2 N–H and O–H groups in total. The van der Waals surface area contributed by atoms with Crippen molar-refractivity contribution >= 4 is 49.1 Å². The first-order chi connectivity index (χ1) is 9.92. The van der Waals surface area contributed by atoms with E-state index in [0.717, 1.165) is 16.8 Å². The Balaban J connectivity index is 2.22. The highest BCUT2D eigenvalue weighted by molar-refractivity contribution is 9.11. The van der Waals surface area contributed by atoms with E-state index in [9.17, 15) is 5.11 Å². The Bertz CT molecular complexity index is 654. The van der Waals surface area contributed by atoms with Gasteiger partial charge < -0.3 is 15.2 Å². The topological polar surface area (TPSA) is 41.5 Å². The van der Waals surface area contributed by atoms with Gasteiger partial charge in [0.15, 0.2) is 0 Å². The number of phenolic OH excluding ortho intramolecular Hbond substituents is 1. The zero-order valence-electron chi connectivity index (χ0n) is 11.5. The van der Waals surface area contributed by atoms with Gasteiger partial charge in [0.1, 0.15) is 11.5 Å². The van der Waals surface area contributed by atoms with E-state index in [-0.39, 0.29) is 5.75 Å². The minimum atomic E-state index is 0.193. The molecule has 0 aliphatic rings. The maximum atomic E-state index is 9.72. The average Bonchev–Trinajstić information content (AvgIpc) is 2.45. The third-order valence-corrected chi connectivity index (χ3v) is 4.66. The van der Waals surface area contributed by atoms with Gasteiger partial charge in [0, 0.05) is 17.6 Å². The predicted molar refractivity (Wildman–Crippen MR) is 93.6 cm³/mol. The molecular weight excluding hydrogens is 421 g/mol. The fourth-order valence-corrected chi connectivity index (χ4v) is 3.32. The fourth-order valence-electron chi connectivity index (χ4n) is 1.89. The molecular formula is C15H14Br2ClNO2. The van der Waals surface area contributed by atoms with Gasteiger partial charge in [-0.1, -0.05) is 11.6 Å². The van der Waals surface area contributed by atoms with Gasteiger partial charge in [0.05, 0.1) is 21.7 Å². The number of anilines is 1. The lowest BCUT2D eigenvalue weighted by molar-refractivity contribution is 0.416. The van der Waals surface area contributed by atoms with E-state index in [1.165, 1.54) is 0 Å². The third-order valence-electron chi connectivity index (χ3n) is 3.04. The molecule has 0 radical (unpaired) electrons. The molecule has 0 spiro atoms. The molecule has 6 heteroatoms. The summed E-state index contributed by atoms with van der Waals surface area (Å²) >= 11 is 12.7. The zero-order chi connectivity index (χ0) is 15.6. The van der Waals surface area contributed by atoms with E-state index in [1.807, 2.05) is 25.1 Å². The highest BCUT2D eigenvalue weighted by Crippen LogP contribution is 2.34. The minimum Gasteiger partial charge on any atom is -0.506 e. The normalized spacial score (nSPS) is 10.5. The van der Waals surface area contributed by atoms with Gasteiger partial charge >= 0.3 is 0 Å². The summed E-state index contributed by atoms with van der Waals surface area (Å²) in [6, 6.07) is 7.47. The summed E-state index contributed by atoms with van der Waals surface area (Å²) in [6.45, 7) is 2.54. The van der Waals surface area contributed by atoms with Crippen molar-refractivity contribution in [3.63, 3.8) is 0 Å². The molecule has 0 aliphatic heterocycles. The fraction of sp³-hybridized carbons (Fsp3) is 0.200. The standard InChI is InChI=1S/C15H14Br2ClNO2/c1-8-3-13(14(21-2)6-12(8)18)19-7-9-4-10(16)15(20)11(17)5-9/h3-6,19-20H,7H2,1-2H3. The van der Waals surface area contributed by atoms with E-state index in [1.54, 1.807) is 13.2 Å². The van der Waals surface area contributed by atoms with E-state index < -0.39 is 0 Å². The Hall–Kier alpha value is -0.910. The summed E-state index contributed by atoms with van der Waals surface area (Å²) < 4.78 is 6.62. The molecule has 0 atom stereocenters. The van der Waals surface area contributed by atoms with Crippen molar-refractivity contribution in [2.45, 2.75) is 13.5 Å². The molecule has 3 nitrogen and oxygen atoms in total. The smallest absolute Gasteiger partial charge is 0.143 e. The minimum absolute atomic E-state index is 0.193. The van der Waals surface area contributed by atoms with Gasteiger partial charge in [-0.2, -0.15) is 0 Å². The first-order valence-corrected chi connectivity index (χ1v) is 8.13. The van der Waals surface area contributed by atoms with Crippen LogP contribution in [0.3, 0.4) is 0 Å². The van der Waals surface area contributed by atoms with Gasteiger partial charge in [-0.15, -0.1) is 0 Å². The Labute approximate surface area is 145 Å². The lowest BCUT2D eigenvalue weighted by Crippen LogP contribution is -2.02. The van der Waals surface area contributed by atoms with Crippen LogP contribution in [-0.2, 0) is 6.54 Å². The molecule has 0 saturated heterocycles. The van der Waals surface area contributed by atoms with Gasteiger partial charge in [-0.05, 0) is 68.1 Å². The van der Waals surface area contributed by atoms with Crippen molar-refractivity contribution in [3.8, 4) is 11.5 Å². The van der Waals surface area contributed by atoms with Crippen molar-refractivity contribution in [2.24, 2.45) is 0 Å². The van der Waals surface area contributed by atoms with Crippen molar-refractivity contribution in [1.29, 1.82) is 0 Å². The van der Waals surface area contributed by atoms with E-state index in [4.69, 9.17) is 16.3 Å². The highest BCUT2D eigenvalue weighted by atomic mass is 79.9. The van der Waals surface area contributed by atoms with Gasteiger partial charge in [0.25, 0.3) is 0 Å². The lowest BCUT2D eigenvalue weighted by atomic mass is 10.1. The number of halogens is 3. The Morgan fingerprint density at radius 3 is 2.38 bits per heavy atom. The van der Waals surface area contributed by atoms with Gasteiger partial charge in [0.2, 0.25) is 0 Å². The molecule has 0 amide bonds. The monoisotopic (exact) mass is 433 g/mol. The second-order valence-corrected chi connectivity index (χ2v) is 6.68. The SMILES string of the molecule is COc1cc(Cl)c(C)cc1NCc1cc(Br)c(O)c(Br)c1. The third kappa shape index (κ3) is 3.84. The van der Waals surface area contributed by atoms with Crippen LogP contribution in [0.2, 0.25) is 5.02 Å². The number of aryl methyl sites for hydroxylation is 1. The maximum Gasteiger partial charge on any atom is 0.143 e. The number of benzene rings is 2. The number of aromatic hydroxyl groups is 1. The molecule has 0 aliphatic carbocycles.